The number of hydrogen-bond acceptors (Lipinski definition) is 4. The fraction of sp³-hybridized carbons (Fsp3) is 0.458. The van der Waals surface area contributed by atoms with Crippen molar-refractivity contribution >= 4 is 21.6 Å². The first-order chi connectivity index (χ1) is 14.8. The van der Waals surface area contributed by atoms with E-state index in [0.717, 1.165) is 30.5 Å². The van der Waals surface area contributed by atoms with Crippen molar-refractivity contribution in [3.63, 3.8) is 0 Å². The molecule has 2 aromatic carbocycles. The first-order valence-electron chi connectivity index (χ1n) is 10.9. The zero-order valence-electron chi connectivity index (χ0n) is 18.6. The van der Waals surface area contributed by atoms with Gasteiger partial charge >= 0.3 is 0 Å². The monoisotopic (exact) mass is 444 g/mol. The maximum Gasteiger partial charge on any atom is 0.246 e. The number of amides is 1. The van der Waals surface area contributed by atoms with Crippen LogP contribution in [0.15, 0.2) is 47.4 Å². The maximum absolute atomic E-state index is 13.1. The summed E-state index contributed by atoms with van der Waals surface area (Å²) >= 11 is 0. The van der Waals surface area contributed by atoms with Crippen LogP contribution in [0, 0.1) is 12.8 Å². The minimum absolute atomic E-state index is 0.0495. The van der Waals surface area contributed by atoms with Gasteiger partial charge in [-0.2, -0.15) is 4.31 Å². The quantitative estimate of drug-likeness (QED) is 0.655. The van der Waals surface area contributed by atoms with Crippen molar-refractivity contribution in [1.29, 1.82) is 0 Å². The standard InChI is InChI=1S/C24H32N2O4S/c1-4-5-6-19-8-10-21(11-9-19)25-24(27)20-13-15-26(16-14-20)31(28,29)23-17-18(2)7-12-22(23)30-3/h7-12,17,20H,4-6,13-16H2,1-3H3,(H,25,27). The van der Waals surface area contributed by atoms with Crippen LogP contribution in [0.2, 0.25) is 0 Å². The number of aryl methyl sites for hydroxylation is 2. The lowest BCUT2D eigenvalue weighted by Gasteiger charge is -2.31. The molecule has 31 heavy (non-hydrogen) atoms. The summed E-state index contributed by atoms with van der Waals surface area (Å²) in [5, 5.41) is 2.98. The second-order valence-electron chi connectivity index (χ2n) is 8.12. The number of unbranched alkanes of at least 4 members (excludes halogenated alkanes) is 1. The third kappa shape index (κ3) is 5.66. The molecule has 1 amide bonds. The number of methoxy groups -OCH3 is 1. The molecule has 1 aliphatic heterocycles. The SMILES string of the molecule is CCCCc1ccc(NC(=O)C2CCN(S(=O)(=O)c3cc(C)ccc3OC)CC2)cc1. The Kier molecular flexibility index (Phi) is 7.73. The van der Waals surface area contributed by atoms with Crippen LogP contribution in [0.3, 0.4) is 0 Å². The number of carbonyl (C=O) groups is 1. The molecule has 168 valence electrons. The third-order valence-electron chi connectivity index (χ3n) is 5.80. The Morgan fingerprint density at radius 1 is 1.13 bits per heavy atom. The molecule has 6 nitrogen and oxygen atoms in total. The van der Waals surface area contributed by atoms with Crippen LogP contribution in [0.1, 0.15) is 43.7 Å². The van der Waals surface area contributed by atoms with Crippen LogP contribution < -0.4 is 10.1 Å². The lowest BCUT2D eigenvalue weighted by Crippen LogP contribution is -2.41. The van der Waals surface area contributed by atoms with Gasteiger partial charge in [-0.15, -0.1) is 0 Å². The second-order valence-corrected chi connectivity index (χ2v) is 10.0. The van der Waals surface area contributed by atoms with Gasteiger partial charge in [0.05, 0.1) is 7.11 Å². The Bertz CT molecular complexity index is 995. The molecule has 0 radical (unpaired) electrons. The number of nitrogens with zero attached hydrogens (tertiary/aromatic N) is 1. The van der Waals surface area contributed by atoms with Crippen LogP contribution >= 0.6 is 0 Å². The Balaban J connectivity index is 1.60. The van der Waals surface area contributed by atoms with E-state index >= 15 is 0 Å². The molecule has 0 aliphatic carbocycles. The highest BCUT2D eigenvalue weighted by molar-refractivity contribution is 7.89. The van der Waals surface area contributed by atoms with Crippen molar-refractivity contribution < 1.29 is 17.9 Å². The summed E-state index contributed by atoms with van der Waals surface area (Å²) in [6.45, 7) is 4.65. The fourth-order valence-electron chi connectivity index (χ4n) is 3.86. The average molecular weight is 445 g/mol. The molecule has 0 saturated carbocycles. The molecule has 7 heteroatoms. The van der Waals surface area contributed by atoms with Gasteiger partial charge in [0.1, 0.15) is 10.6 Å². The van der Waals surface area contributed by atoms with E-state index in [1.807, 2.05) is 25.1 Å². The smallest absolute Gasteiger partial charge is 0.246 e. The normalized spacial score (nSPS) is 15.6. The number of anilines is 1. The predicted molar refractivity (Wildman–Crippen MR) is 123 cm³/mol. The van der Waals surface area contributed by atoms with E-state index in [2.05, 4.69) is 24.4 Å². The fourth-order valence-corrected chi connectivity index (χ4v) is 5.57. The molecule has 0 spiro atoms. The topological polar surface area (TPSA) is 75.7 Å². The van der Waals surface area contributed by atoms with Crippen LogP contribution in [-0.4, -0.2) is 38.8 Å². The van der Waals surface area contributed by atoms with Gasteiger partial charge in [0.2, 0.25) is 15.9 Å². The van der Waals surface area contributed by atoms with Crippen molar-refractivity contribution in [1.82, 2.24) is 4.31 Å². The van der Waals surface area contributed by atoms with Gasteiger partial charge in [-0.3, -0.25) is 4.79 Å². The van der Waals surface area contributed by atoms with Crippen molar-refractivity contribution in [2.24, 2.45) is 5.92 Å². The Morgan fingerprint density at radius 3 is 2.42 bits per heavy atom. The molecule has 0 unspecified atom stereocenters. The molecule has 0 atom stereocenters. The highest BCUT2D eigenvalue weighted by Crippen LogP contribution is 2.30. The van der Waals surface area contributed by atoms with Crippen LogP contribution in [-0.2, 0) is 21.2 Å². The van der Waals surface area contributed by atoms with E-state index in [4.69, 9.17) is 4.74 Å². The number of sulfonamides is 1. The number of nitrogens with one attached hydrogen (secondary N) is 1. The molecule has 1 N–H and O–H groups in total. The van der Waals surface area contributed by atoms with E-state index in [9.17, 15) is 13.2 Å². The molecule has 0 aromatic heterocycles. The van der Waals surface area contributed by atoms with Gasteiger partial charge in [0.15, 0.2) is 0 Å². The Morgan fingerprint density at radius 2 is 1.81 bits per heavy atom. The summed E-state index contributed by atoms with van der Waals surface area (Å²) in [5.74, 6) is 0.0879. The highest BCUT2D eigenvalue weighted by Gasteiger charge is 2.33. The van der Waals surface area contributed by atoms with E-state index < -0.39 is 10.0 Å². The number of ether oxygens (including phenoxy) is 1. The summed E-state index contributed by atoms with van der Waals surface area (Å²) < 4.78 is 33.0. The highest BCUT2D eigenvalue weighted by atomic mass is 32.2. The van der Waals surface area contributed by atoms with E-state index in [0.29, 0.717) is 31.7 Å². The van der Waals surface area contributed by atoms with Crippen molar-refractivity contribution in [2.45, 2.75) is 50.8 Å². The first kappa shape index (κ1) is 23.3. The predicted octanol–water partition coefficient (Wildman–Crippen LogP) is 4.39. The van der Waals surface area contributed by atoms with Gasteiger partial charge in [0.25, 0.3) is 0 Å². The molecule has 1 saturated heterocycles. The van der Waals surface area contributed by atoms with E-state index in [1.54, 1.807) is 12.1 Å². The zero-order chi connectivity index (χ0) is 22.4. The lowest BCUT2D eigenvalue weighted by molar-refractivity contribution is -0.120. The number of piperidine rings is 1. The van der Waals surface area contributed by atoms with Gasteiger partial charge < -0.3 is 10.1 Å². The number of benzene rings is 2. The van der Waals surface area contributed by atoms with Gasteiger partial charge in [-0.1, -0.05) is 31.5 Å². The molecule has 2 aromatic rings. The van der Waals surface area contributed by atoms with Crippen molar-refractivity contribution in [3.05, 3.63) is 53.6 Å². The summed E-state index contributed by atoms with van der Waals surface area (Å²) in [5.41, 5.74) is 2.91. The molecule has 0 bridgehead atoms. The molecular formula is C24H32N2O4S. The van der Waals surface area contributed by atoms with Crippen molar-refractivity contribution in [3.8, 4) is 5.75 Å². The number of carbonyl (C=O) groups excluding carboxylic acids is 1. The molecule has 1 fully saturated rings. The minimum atomic E-state index is -3.67. The van der Waals surface area contributed by atoms with Crippen LogP contribution in [0.4, 0.5) is 5.69 Å². The van der Waals surface area contributed by atoms with E-state index in [1.165, 1.54) is 17.0 Å². The molecule has 1 heterocycles. The Labute approximate surface area is 185 Å². The minimum Gasteiger partial charge on any atom is -0.495 e. The molecule has 1 aliphatic rings. The van der Waals surface area contributed by atoms with Crippen LogP contribution in [0.25, 0.3) is 0 Å². The van der Waals surface area contributed by atoms with Gasteiger partial charge in [0, 0.05) is 24.7 Å². The molecule has 3 rings (SSSR count). The Hall–Kier alpha value is -2.38. The summed E-state index contributed by atoms with van der Waals surface area (Å²) in [4.78, 5) is 12.9. The molecular weight excluding hydrogens is 412 g/mol. The average Bonchev–Trinajstić information content (AvgIpc) is 2.78. The largest absolute Gasteiger partial charge is 0.495 e. The zero-order valence-corrected chi connectivity index (χ0v) is 19.4. The summed E-state index contributed by atoms with van der Waals surface area (Å²) in [6, 6.07) is 13.1. The summed E-state index contributed by atoms with van der Waals surface area (Å²) in [7, 11) is -2.20. The maximum atomic E-state index is 13.1. The summed E-state index contributed by atoms with van der Waals surface area (Å²) in [6.07, 6.45) is 4.34. The van der Waals surface area contributed by atoms with Gasteiger partial charge in [-0.25, -0.2) is 8.42 Å². The first-order valence-corrected chi connectivity index (χ1v) is 12.3. The van der Waals surface area contributed by atoms with Gasteiger partial charge in [-0.05, 0) is 68.0 Å². The lowest BCUT2D eigenvalue weighted by atomic mass is 9.97. The third-order valence-corrected chi connectivity index (χ3v) is 7.72. The number of hydrogen-bond donors (Lipinski definition) is 1. The number of rotatable bonds is 8. The van der Waals surface area contributed by atoms with E-state index in [-0.39, 0.29) is 16.7 Å². The van der Waals surface area contributed by atoms with Crippen LogP contribution in [0.5, 0.6) is 5.75 Å². The van der Waals surface area contributed by atoms with Crippen molar-refractivity contribution in [2.75, 3.05) is 25.5 Å². The second kappa shape index (κ2) is 10.3.